The first kappa shape index (κ1) is 49.8. The highest BCUT2D eigenvalue weighted by Crippen LogP contribution is 2.11. The zero-order chi connectivity index (χ0) is 39.3. The lowest BCUT2D eigenvalue weighted by Gasteiger charge is -2.31. The number of ether oxygens (including phenoxy) is 3. The summed E-state index contributed by atoms with van der Waals surface area (Å²) in [6.45, 7) is 4.49. The first-order valence-corrected chi connectivity index (χ1v) is 20.5. The molecule has 0 bridgehead atoms. The number of rotatable bonds is 35. The number of carboxylic acids is 1. The molecule has 2 unspecified atom stereocenters. The summed E-state index contributed by atoms with van der Waals surface area (Å²) >= 11 is 0. The summed E-state index contributed by atoms with van der Waals surface area (Å²) in [6, 6.07) is -0.631. The highest BCUT2D eigenvalue weighted by Gasteiger charge is 2.31. The van der Waals surface area contributed by atoms with Gasteiger partial charge in [-0.3, -0.25) is 9.59 Å². The summed E-state index contributed by atoms with van der Waals surface area (Å²) in [5, 5.41) is 9.59. The Hall–Kier alpha value is -3.23. The summed E-state index contributed by atoms with van der Waals surface area (Å²) < 4.78 is 17.1. The minimum Gasteiger partial charge on any atom is -0.477 e. The predicted molar refractivity (Wildman–Crippen MR) is 220 cm³/mol. The van der Waals surface area contributed by atoms with Crippen LogP contribution in [0.2, 0.25) is 0 Å². The van der Waals surface area contributed by atoms with Gasteiger partial charge in [0.2, 0.25) is 0 Å². The fourth-order valence-electron chi connectivity index (χ4n) is 5.41. The third kappa shape index (κ3) is 34.3. The van der Waals surface area contributed by atoms with E-state index >= 15 is 0 Å². The van der Waals surface area contributed by atoms with Crippen molar-refractivity contribution in [1.29, 1.82) is 0 Å². The van der Waals surface area contributed by atoms with Crippen LogP contribution in [-0.4, -0.2) is 80.6 Å². The van der Waals surface area contributed by atoms with E-state index in [0.717, 1.165) is 51.4 Å². The lowest BCUT2D eigenvalue weighted by atomic mass is 10.1. The van der Waals surface area contributed by atoms with Crippen LogP contribution >= 0.6 is 0 Å². The summed E-state index contributed by atoms with van der Waals surface area (Å²) in [5.41, 5.74) is 0. The number of likely N-dealkylation sites (N-methyl/N-ethyl adjacent to an activating group) is 1. The molecule has 0 rings (SSSR count). The molecule has 0 aliphatic carbocycles. The smallest absolute Gasteiger partial charge is 0.362 e. The fourth-order valence-corrected chi connectivity index (χ4v) is 5.41. The molecule has 8 heteroatoms. The van der Waals surface area contributed by atoms with Crippen LogP contribution in [0.15, 0.2) is 72.9 Å². The zero-order valence-electron chi connectivity index (χ0n) is 34.2. The molecule has 0 radical (unpaired) electrons. The molecule has 0 aromatic carbocycles. The van der Waals surface area contributed by atoms with E-state index in [1.165, 1.54) is 44.9 Å². The fraction of sp³-hybridized carbons (Fsp3) is 0.667. The Balaban J connectivity index is 4.54. The number of carbonyl (C=O) groups excluding carboxylic acids is 2. The van der Waals surface area contributed by atoms with Gasteiger partial charge in [-0.05, 0) is 77.0 Å². The van der Waals surface area contributed by atoms with E-state index in [2.05, 4.69) is 86.8 Å². The number of unbranched alkanes of at least 4 members (excludes halogenated alkanes) is 9. The summed E-state index contributed by atoms with van der Waals surface area (Å²) in [4.78, 5) is 36.8. The minimum absolute atomic E-state index is 0.0249. The first-order chi connectivity index (χ1) is 25.6. The van der Waals surface area contributed by atoms with Crippen LogP contribution in [-0.2, 0) is 28.6 Å². The number of aliphatic carboxylic acids is 1. The quantitative estimate of drug-likeness (QED) is 0.0299. The van der Waals surface area contributed by atoms with E-state index in [-0.39, 0.29) is 42.7 Å². The van der Waals surface area contributed by atoms with Crippen LogP contribution in [0.4, 0.5) is 0 Å². The lowest BCUT2D eigenvalue weighted by Crippen LogP contribution is -2.50. The molecule has 1 N–H and O–H groups in total. The van der Waals surface area contributed by atoms with Crippen molar-refractivity contribution in [2.24, 2.45) is 0 Å². The maximum atomic E-state index is 12.7. The van der Waals surface area contributed by atoms with Crippen LogP contribution in [0.5, 0.6) is 0 Å². The Bertz CT molecular complexity index is 1100. The number of carboxylic acid groups (broad SMARTS) is 1. The average molecular weight is 743 g/mol. The van der Waals surface area contributed by atoms with Gasteiger partial charge in [-0.1, -0.05) is 119 Å². The third-order valence-corrected chi connectivity index (χ3v) is 8.59. The molecule has 302 valence electrons. The van der Waals surface area contributed by atoms with Crippen LogP contribution < -0.4 is 0 Å². The van der Waals surface area contributed by atoms with Gasteiger partial charge in [0.25, 0.3) is 0 Å². The number of hydrogen-bond donors (Lipinski definition) is 1. The van der Waals surface area contributed by atoms with Crippen LogP contribution in [0, 0.1) is 0 Å². The van der Waals surface area contributed by atoms with E-state index in [9.17, 15) is 19.5 Å². The van der Waals surface area contributed by atoms with Crippen molar-refractivity contribution in [2.45, 2.75) is 154 Å². The molecule has 0 fully saturated rings. The third-order valence-electron chi connectivity index (χ3n) is 8.59. The summed E-state index contributed by atoms with van der Waals surface area (Å²) in [5.74, 6) is -1.60. The van der Waals surface area contributed by atoms with Crippen molar-refractivity contribution in [3.05, 3.63) is 72.9 Å². The van der Waals surface area contributed by atoms with Gasteiger partial charge in [-0.15, -0.1) is 0 Å². The van der Waals surface area contributed by atoms with Crippen molar-refractivity contribution in [2.75, 3.05) is 41.0 Å². The highest BCUT2D eigenvalue weighted by molar-refractivity contribution is 5.72. The molecular formula is C45H76NO7+. The van der Waals surface area contributed by atoms with E-state index in [1.54, 1.807) is 0 Å². The zero-order valence-corrected chi connectivity index (χ0v) is 34.2. The topological polar surface area (TPSA) is 99.1 Å². The van der Waals surface area contributed by atoms with Crippen molar-refractivity contribution >= 4 is 17.9 Å². The van der Waals surface area contributed by atoms with Gasteiger partial charge in [-0.25, -0.2) is 4.79 Å². The van der Waals surface area contributed by atoms with Gasteiger partial charge in [-0.2, -0.15) is 0 Å². The molecule has 0 saturated heterocycles. The van der Waals surface area contributed by atoms with E-state index in [4.69, 9.17) is 14.2 Å². The molecule has 53 heavy (non-hydrogen) atoms. The number of quaternary nitrogens is 1. The van der Waals surface area contributed by atoms with Gasteiger partial charge in [0.05, 0.1) is 34.4 Å². The van der Waals surface area contributed by atoms with Crippen molar-refractivity contribution in [1.82, 2.24) is 0 Å². The number of carbonyl (C=O) groups is 3. The molecule has 0 aromatic heterocycles. The van der Waals surface area contributed by atoms with Gasteiger partial charge >= 0.3 is 17.9 Å². The van der Waals surface area contributed by atoms with E-state index in [0.29, 0.717) is 25.7 Å². The van der Waals surface area contributed by atoms with Crippen LogP contribution in [0.25, 0.3) is 0 Å². The highest BCUT2D eigenvalue weighted by atomic mass is 16.6. The normalized spacial score (nSPS) is 13.8. The Morgan fingerprint density at radius 1 is 0.585 bits per heavy atom. The summed E-state index contributed by atoms with van der Waals surface area (Å²) in [6.07, 6.45) is 43.9. The second-order valence-corrected chi connectivity index (χ2v) is 14.5. The second kappa shape index (κ2) is 35.8. The molecule has 0 aliphatic heterocycles. The molecule has 8 nitrogen and oxygen atoms in total. The molecule has 0 aromatic rings. The van der Waals surface area contributed by atoms with E-state index in [1.807, 2.05) is 21.1 Å². The summed E-state index contributed by atoms with van der Waals surface area (Å²) in [7, 11) is 5.48. The Morgan fingerprint density at radius 2 is 1.08 bits per heavy atom. The standard InChI is InChI=1S/C45H75NO7/c1-6-8-10-12-14-16-18-20-21-22-23-24-26-28-30-32-34-36-44(48)53-41(39-51-38-37-42(45(49)50)46(3,4)5)40-52-43(47)35-33-31-29-27-25-19-17-15-13-11-9-7-2/h9,11,15,17,20-21,23-25,27-28,30,41-42H,6-8,10,12-14,16,18-19,22,26,29,31-40H2,1-5H3/p+1/b11-9+,17-15+,21-20+,24-23+,27-25+,30-28+. The van der Waals surface area contributed by atoms with E-state index < -0.39 is 18.1 Å². The first-order valence-electron chi connectivity index (χ1n) is 20.5. The van der Waals surface area contributed by atoms with Crippen molar-refractivity contribution in [3.63, 3.8) is 0 Å². The number of esters is 2. The van der Waals surface area contributed by atoms with Crippen molar-refractivity contribution in [3.8, 4) is 0 Å². The molecule has 2 atom stereocenters. The molecule has 0 aliphatic rings. The van der Waals surface area contributed by atoms with Crippen LogP contribution in [0.3, 0.4) is 0 Å². The van der Waals surface area contributed by atoms with Gasteiger partial charge < -0.3 is 23.8 Å². The monoisotopic (exact) mass is 743 g/mol. The Labute approximate surface area is 323 Å². The molecule has 0 spiro atoms. The van der Waals surface area contributed by atoms with Gasteiger partial charge in [0.15, 0.2) is 12.1 Å². The lowest BCUT2D eigenvalue weighted by molar-refractivity contribution is -0.887. The second-order valence-electron chi connectivity index (χ2n) is 14.5. The molecular weight excluding hydrogens is 666 g/mol. The van der Waals surface area contributed by atoms with Crippen LogP contribution in [0.1, 0.15) is 142 Å². The maximum Gasteiger partial charge on any atom is 0.362 e. The number of hydrogen-bond acceptors (Lipinski definition) is 6. The largest absolute Gasteiger partial charge is 0.477 e. The average Bonchev–Trinajstić information content (AvgIpc) is 3.11. The van der Waals surface area contributed by atoms with Gasteiger partial charge in [0, 0.05) is 19.3 Å². The molecule has 0 saturated carbocycles. The SMILES string of the molecule is CC/C=C/C/C=C/C/C=C/CCCCC(=O)OCC(COCCC(C(=O)O)[N+](C)(C)C)OC(=O)CCC/C=C/C/C=C/C/C=C/CCCCCCCC. The van der Waals surface area contributed by atoms with Crippen molar-refractivity contribution < 1.29 is 38.2 Å². The Morgan fingerprint density at radius 3 is 1.62 bits per heavy atom. The Kier molecular flexibility index (Phi) is 33.6. The molecule has 0 amide bonds. The van der Waals surface area contributed by atoms with Gasteiger partial charge in [0.1, 0.15) is 6.61 Å². The number of nitrogens with zero attached hydrogens (tertiary/aromatic N) is 1. The predicted octanol–water partition coefficient (Wildman–Crippen LogP) is 10.8. The minimum atomic E-state index is -0.892. The maximum absolute atomic E-state index is 12.7. The molecule has 0 heterocycles. The number of allylic oxidation sites excluding steroid dienone is 12.